The van der Waals surface area contributed by atoms with E-state index in [0.717, 1.165) is 44.3 Å². The minimum atomic E-state index is 0.0184. The number of aromatic nitrogens is 3. The molecule has 1 amide bonds. The van der Waals surface area contributed by atoms with Gasteiger partial charge in [-0.2, -0.15) is 0 Å². The largest absolute Gasteiger partial charge is 0.337 e. The first-order chi connectivity index (χ1) is 12.8. The van der Waals surface area contributed by atoms with Crippen LogP contribution >= 0.6 is 0 Å². The third-order valence-corrected chi connectivity index (χ3v) is 5.13. The molecule has 0 unspecified atom stereocenters. The Kier molecular flexibility index (Phi) is 4.86. The number of hydrogen-bond donors (Lipinski definition) is 0. The molecule has 5 nitrogen and oxygen atoms in total. The van der Waals surface area contributed by atoms with Crippen LogP contribution in [0.1, 0.15) is 35.3 Å². The van der Waals surface area contributed by atoms with Crippen molar-refractivity contribution in [1.29, 1.82) is 0 Å². The second-order valence-corrected chi connectivity index (χ2v) is 6.92. The third-order valence-electron chi connectivity index (χ3n) is 5.13. The van der Waals surface area contributed by atoms with Crippen molar-refractivity contribution in [3.05, 3.63) is 66.4 Å². The molecule has 1 fully saturated rings. The van der Waals surface area contributed by atoms with E-state index in [2.05, 4.69) is 39.2 Å². The van der Waals surface area contributed by atoms with Gasteiger partial charge in [0.1, 0.15) is 12.0 Å². The first-order valence-electron chi connectivity index (χ1n) is 9.18. The maximum Gasteiger partial charge on any atom is 0.272 e. The molecule has 0 radical (unpaired) electrons. The highest BCUT2D eigenvalue weighted by Crippen LogP contribution is 2.24. The van der Waals surface area contributed by atoms with Crippen molar-refractivity contribution in [2.24, 2.45) is 5.92 Å². The van der Waals surface area contributed by atoms with E-state index in [4.69, 9.17) is 0 Å². The number of nitrogens with zero attached hydrogens (tertiary/aromatic N) is 4. The fourth-order valence-electron chi connectivity index (χ4n) is 3.74. The zero-order chi connectivity index (χ0) is 17.8. The van der Waals surface area contributed by atoms with Crippen LogP contribution in [0.15, 0.2) is 55.1 Å². The molecule has 1 aliphatic heterocycles. The summed E-state index contributed by atoms with van der Waals surface area (Å²) in [7, 11) is 0. The average Bonchev–Trinajstić information content (AvgIpc) is 2.93. The highest BCUT2D eigenvalue weighted by Gasteiger charge is 2.22. The summed E-state index contributed by atoms with van der Waals surface area (Å²) in [6.45, 7) is 1.60. The van der Waals surface area contributed by atoms with Gasteiger partial charge in [0.05, 0.1) is 5.52 Å². The molecule has 0 N–H and O–H groups in total. The Balaban J connectivity index is 1.41. The minimum absolute atomic E-state index is 0.0184. The fourth-order valence-corrected chi connectivity index (χ4v) is 3.74. The fraction of sp³-hybridized carbons (Fsp3) is 0.333. The van der Waals surface area contributed by atoms with Crippen LogP contribution in [0.5, 0.6) is 0 Å². The lowest BCUT2D eigenvalue weighted by Gasteiger charge is -2.20. The van der Waals surface area contributed by atoms with Gasteiger partial charge in [-0.1, -0.05) is 12.1 Å². The van der Waals surface area contributed by atoms with Crippen molar-refractivity contribution in [2.45, 2.75) is 25.7 Å². The van der Waals surface area contributed by atoms with Crippen LogP contribution in [-0.4, -0.2) is 38.8 Å². The summed E-state index contributed by atoms with van der Waals surface area (Å²) in [4.78, 5) is 26.9. The van der Waals surface area contributed by atoms with Gasteiger partial charge in [-0.15, -0.1) is 0 Å². The number of carbonyl (C=O) groups is 1. The second-order valence-electron chi connectivity index (χ2n) is 6.92. The topological polar surface area (TPSA) is 59.0 Å². The predicted octanol–water partition coefficient (Wildman–Crippen LogP) is 3.51. The van der Waals surface area contributed by atoms with Gasteiger partial charge in [0.2, 0.25) is 0 Å². The molecule has 1 atom stereocenters. The van der Waals surface area contributed by atoms with Crippen LogP contribution in [0.4, 0.5) is 0 Å². The summed E-state index contributed by atoms with van der Waals surface area (Å²) in [6, 6.07) is 12.3. The van der Waals surface area contributed by atoms with Crippen molar-refractivity contribution < 1.29 is 4.79 Å². The molecule has 3 aromatic rings. The van der Waals surface area contributed by atoms with Gasteiger partial charge in [-0.25, -0.2) is 9.97 Å². The van der Waals surface area contributed by atoms with Gasteiger partial charge in [-0.05, 0) is 61.4 Å². The zero-order valence-corrected chi connectivity index (χ0v) is 14.7. The summed E-state index contributed by atoms with van der Waals surface area (Å²) < 4.78 is 0. The molecule has 1 saturated heterocycles. The molecule has 0 bridgehead atoms. The molecule has 1 aliphatic rings. The van der Waals surface area contributed by atoms with Crippen molar-refractivity contribution in [2.75, 3.05) is 13.1 Å². The first kappa shape index (κ1) is 16.6. The molecule has 0 saturated carbocycles. The Morgan fingerprint density at radius 1 is 1.08 bits per heavy atom. The Bertz CT molecular complexity index is 897. The Morgan fingerprint density at radius 3 is 2.92 bits per heavy atom. The number of hydrogen-bond acceptors (Lipinski definition) is 4. The number of amides is 1. The Hall–Kier alpha value is -2.82. The molecule has 0 aliphatic carbocycles. The van der Waals surface area contributed by atoms with E-state index in [9.17, 15) is 4.79 Å². The molecule has 0 spiro atoms. The monoisotopic (exact) mass is 346 g/mol. The molecule has 2 aromatic heterocycles. The first-order valence-corrected chi connectivity index (χ1v) is 9.18. The van der Waals surface area contributed by atoms with Crippen molar-refractivity contribution in [1.82, 2.24) is 19.9 Å². The lowest BCUT2D eigenvalue weighted by atomic mass is 9.92. The van der Waals surface area contributed by atoms with Gasteiger partial charge < -0.3 is 4.90 Å². The van der Waals surface area contributed by atoms with Crippen LogP contribution in [0.2, 0.25) is 0 Å². The number of fused-ring (bicyclic) bond motifs is 1. The summed E-state index contributed by atoms with van der Waals surface area (Å²) in [5, 5.41) is 1.19. The number of carbonyl (C=O) groups excluding carboxylic acids is 1. The standard InChI is InChI=1S/C21H22N4O/c26-21(20-7-10-22-15-24-20)25-11-2-3-16(8-12-25)13-17-5-6-19-18(14-17)4-1-9-23-19/h1,4-7,9-10,14-16H,2-3,8,11-13H2/t16-/m0/s1. The average molecular weight is 346 g/mol. The zero-order valence-electron chi connectivity index (χ0n) is 14.7. The number of pyridine rings is 1. The van der Waals surface area contributed by atoms with E-state index < -0.39 is 0 Å². The SMILES string of the molecule is O=C(c1ccncn1)N1CCC[C@H](Cc2ccc3ncccc3c2)CC1. The van der Waals surface area contributed by atoms with Crippen LogP contribution in [-0.2, 0) is 6.42 Å². The summed E-state index contributed by atoms with van der Waals surface area (Å²) >= 11 is 0. The maximum absolute atomic E-state index is 12.6. The summed E-state index contributed by atoms with van der Waals surface area (Å²) in [6.07, 6.45) is 9.16. The molecule has 5 heteroatoms. The van der Waals surface area contributed by atoms with E-state index in [0.29, 0.717) is 11.6 Å². The molecular weight excluding hydrogens is 324 g/mol. The Labute approximate surface area is 153 Å². The van der Waals surface area contributed by atoms with Crippen molar-refractivity contribution in [3.63, 3.8) is 0 Å². The quantitative estimate of drug-likeness (QED) is 0.728. The van der Waals surface area contributed by atoms with Gasteiger partial charge in [-0.3, -0.25) is 9.78 Å². The van der Waals surface area contributed by atoms with E-state index >= 15 is 0 Å². The van der Waals surface area contributed by atoms with Gasteiger partial charge in [0.15, 0.2) is 0 Å². The van der Waals surface area contributed by atoms with Crippen LogP contribution in [0.3, 0.4) is 0 Å². The smallest absolute Gasteiger partial charge is 0.272 e. The molecular formula is C21H22N4O. The molecule has 26 heavy (non-hydrogen) atoms. The normalized spacial score (nSPS) is 17.8. The van der Waals surface area contributed by atoms with Crippen molar-refractivity contribution >= 4 is 16.8 Å². The van der Waals surface area contributed by atoms with Crippen LogP contribution in [0, 0.1) is 5.92 Å². The molecule has 132 valence electrons. The second kappa shape index (κ2) is 7.60. The van der Waals surface area contributed by atoms with E-state index in [1.54, 1.807) is 12.3 Å². The Morgan fingerprint density at radius 2 is 2.04 bits per heavy atom. The van der Waals surface area contributed by atoms with E-state index in [1.807, 2.05) is 17.2 Å². The molecule has 1 aromatic carbocycles. The number of benzene rings is 1. The third kappa shape index (κ3) is 3.72. The number of rotatable bonds is 3. The van der Waals surface area contributed by atoms with Gasteiger partial charge in [0, 0.05) is 30.9 Å². The molecule has 3 heterocycles. The van der Waals surface area contributed by atoms with Crippen LogP contribution < -0.4 is 0 Å². The van der Waals surface area contributed by atoms with Gasteiger partial charge in [0.25, 0.3) is 5.91 Å². The number of likely N-dealkylation sites (tertiary alicyclic amines) is 1. The van der Waals surface area contributed by atoms with E-state index in [-0.39, 0.29) is 5.91 Å². The lowest BCUT2D eigenvalue weighted by Crippen LogP contribution is -2.32. The van der Waals surface area contributed by atoms with Crippen molar-refractivity contribution in [3.8, 4) is 0 Å². The predicted molar refractivity (Wildman–Crippen MR) is 101 cm³/mol. The van der Waals surface area contributed by atoms with Crippen LogP contribution in [0.25, 0.3) is 10.9 Å². The lowest BCUT2D eigenvalue weighted by molar-refractivity contribution is 0.0754. The summed E-state index contributed by atoms with van der Waals surface area (Å²) in [5.74, 6) is 0.622. The highest BCUT2D eigenvalue weighted by molar-refractivity contribution is 5.92. The maximum atomic E-state index is 12.6. The van der Waals surface area contributed by atoms with E-state index in [1.165, 1.54) is 17.3 Å². The highest BCUT2D eigenvalue weighted by atomic mass is 16.2. The van der Waals surface area contributed by atoms with Gasteiger partial charge >= 0.3 is 0 Å². The summed E-state index contributed by atoms with van der Waals surface area (Å²) in [5.41, 5.74) is 2.88. The molecule has 4 rings (SSSR count). The minimum Gasteiger partial charge on any atom is -0.337 e.